The van der Waals surface area contributed by atoms with E-state index in [0.717, 1.165) is 50.8 Å². The number of benzene rings is 1. The van der Waals surface area contributed by atoms with Crippen molar-refractivity contribution in [2.45, 2.75) is 95.3 Å². The molecule has 45 heavy (non-hydrogen) atoms. The molecule has 3 heterocycles. The molecule has 3 N–H and O–H groups in total. The smallest absolute Gasteiger partial charge is 0.270 e. The first-order valence-corrected chi connectivity index (χ1v) is 16.8. The van der Waals surface area contributed by atoms with E-state index in [1.165, 1.54) is 23.9 Å². The number of carbonyl (C=O) groups is 4. The Morgan fingerprint density at radius 1 is 0.956 bits per heavy atom. The molecule has 2 aromatic rings. The van der Waals surface area contributed by atoms with E-state index in [0.29, 0.717) is 48.8 Å². The number of fused-ring (bicyclic) bond motifs is 5. The molecule has 6 rings (SSSR count). The molecule has 11 heteroatoms. The summed E-state index contributed by atoms with van der Waals surface area (Å²) in [5, 5.41) is 13.1. The van der Waals surface area contributed by atoms with Crippen LogP contribution in [0.2, 0.25) is 0 Å². The molecule has 1 aromatic carbocycles. The Balaban J connectivity index is 1.10. The zero-order chi connectivity index (χ0) is 31.5. The van der Waals surface area contributed by atoms with Gasteiger partial charge in [0.2, 0.25) is 17.7 Å². The Bertz CT molecular complexity index is 1390. The number of aromatic nitrogens is 2. The van der Waals surface area contributed by atoms with E-state index in [1.807, 2.05) is 29.2 Å². The van der Waals surface area contributed by atoms with Gasteiger partial charge >= 0.3 is 0 Å². The Hall–Kier alpha value is -3.73. The van der Waals surface area contributed by atoms with Gasteiger partial charge in [-0.1, -0.05) is 38.3 Å². The topological polar surface area (TPSA) is 129 Å². The fourth-order valence-electron chi connectivity index (χ4n) is 8.11. The maximum Gasteiger partial charge on any atom is 0.270 e. The molecule has 2 saturated heterocycles. The van der Waals surface area contributed by atoms with E-state index in [2.05, 4.69) is 25.9 Å². The number of nitrogens with zero attached hydrogens (tertiary/aromatic N) is 4. The highest BCUT2D eigenvalue weighted by Crippen LogP contribution is 2.43. The standard InChI is InChI=1S/C34H47N7O4/c1-3-30(42)37-27(34(45)40-17-18-41-26-14-11-24(20-26)29(41)21-40)19-22-9-12-25(13-10-22)36-33(44)31(23-7-5-4-6-8-23)38-32(43)28-15-16-35-39(28)2/h9-10,12-13,15-16,23-24,26-27,29,31H,3-8,11,14,17-21H2,1-2H3,(H,36,44)(H,37,42)(H,38,43)/t24-,26+,27-,29-,31+/m1/s1. The summed E-state index contributed by atoms with van der Waals surface area (Å²) >= 11 is 0. The summed E-state index contributed by atoms with van der Waals surface area (Å²) < 4.78 is 1.50. The molecule has 0 spiro atoms. The molecule has 4 amide bonds. The molecule has 1 aromatic heterocycles. The number of nitrogens with one attached hydrogen (secondary N) is 3. The van der Waals surface area contributed by atoms with Crippen molar-refractivity contribution in [3.63, 3.8) is 0 Å². The molecule has 4 fully saturated rings. The lowest BCUT2D eigenvalue weighted by molar-refractivity contribution is -0.139. The van der Waals surface area contributed by atoms with Crippen LogP contribution in [0.15, 0.2) is 36.5 Å². The second-order valence-corrected chi connectivity index (χ2v) is 13.4. The zero-order valence-electron chi connectivity index (χ0n) is 26.5. The van der Waals surface area contributed by atoms with Crippen LogP contribution in [-0.4, -0.2) is 87.0 Å². The molecule has 242 valence electrons. The molecule has 0 radical (unpaired) electrons. The van der Waals surface area contributed by atoms with Crippen LogP contribution in [0.3, 0.4) is 0 Å². The summed E-state index contributed by atoms with van der Waals surface area (Å²) in [6.07, 6.45) is 11.0. The Morgan fingerprint density at radius 2 is 1.73 bits per heavy atom. The quantitative estimate of drug-likeness (QED) is 0.376. The van der Waals surface area contributed by atoms with Crippen LogP contribution < -0.4 is 16.0 Å². The SMILES string of the molecule is CCC(=O)N[C@H](Cc1ccc(NC(=O)[C@@H](NC(=O)c2ccnn2C)C2CCCCC2)cc1)C(=O)N1CCN2[C@H]3CC[C@H](C3)[C@H]2C1. The van der Waals surface area contributed by atoms with E-state index in [9.17, 15) is 19.2 Å². The number of carbonyl (C=O) groups excluding carboxylic acids is 4. The number of anilines is 1. The fraction of sp³-hybridized carbons (Fsp3) is 0.618. The number of aryl methyl sites for hydroxylation is 1. The number of piperazine rings is 1. The predicted molar refractivity (Wildman–Crippen MR) is 170 cm³/mol. The second-order valence-electron chi connectivity index (χ2n) is 13.4. The van der Waals surface area contributed by atoms with Crippen molar-refractivity contribution < 1.29 is 19.2 Å². The van der Waals surface area contributed by atoms with Crippen molar-refractivity contribution in [2.75, 3.05) is 25.0 Å². The number of piperidine rings is 1. The molecule has 2 aliphatic heterocycles. The summed E-state index contributed by atoms with van der Waals surface area (Å²) in [4.78, 5) is 57.4. The third kappa shape index (κ3) is 6.93. The number of hydrogen-bond acceptors (Lipinski definition) is 6. The molecular formula is C34H47N7O4. The number of hydrogen-bond donors (Lipinski definition) is 3. The normalized spacial score (nSPS) is 24.5. The van der Waals surface area contributed by atoms with E-state index in [-0.39, 0.29) is 29.5 Å². The predicted octanol–water partition coefficient (Wildman–Crippen LogP) is 2.87. The molecular weight excluding hydrogens is 570 g/mol. The van der Waals surface area contributed by atoms with Crippen molar-refractivity contribution >= 4 is 29.3 Å². The summed E-state index contributed by atoms with van der Waals surface area (Å²) in [5.41, 5.74) is 1.92. The lowest BCUT2D eigenvalue weighted by atomic mass is 9.83. The van der Waals surface area contributed by atoms with Crippen LogP contribution in [0.1, 0.15) is 80.8 Å². The largest absolute Gasteiger partial charge is 0.344 e. The molecule has 2 saturated carbocycles. The second kappa shape index (κ2) is 13.7. The van der Waals surface area contributed by atoms with Gasteiger partial charge in [-0.2, -0.15) is 5.10 Å². The van der Waals surface area contributed by atoms with Crippen molar-refractivity contribution in [1.82, 2.24) is 30.2 Å². The van der Waals surface area contributed by atoms with Gasteiger partial charge in [-0.25, -0.2) is 0 Å². The van der Waals surface area contributed by atoms with Gasteiger partial charge in [-0.05, 0) is 67.7 Å². The van der Waals surface area contributed by atoms with Crippen molar-refractivity contribution in [2.24, 2.45) is 18.9 Å². The lowest BCUT2D eigenvalue weighted by Gasteiger charge is -2.44. The van der Waals surface area contributed by atoms with Gasteiger partial charge < -0.3 is 20.9 Å². The summed E-state index contributed by atoms with van der Waals surface area (Å²) in [5.74, 6) is 0.0217. The molecule has 11 nitrogen and oxygen atoms in total. The van der Waals surface area contributed by atoms with E-state index in [4.69, 9.17) is 0 Å². The van der Waals surface area contributed by atoms with Gasteiger partial charge in [0.15, 0.2) is 0 Å². The zero-order valence-corrected chi connectivity index (χ0v) is 26.5. The average Bonchev–Trinajstić information content (AvgIpc) is 3.81. The van der Waals surface area contributed by atoms with E-state index in [1.54, 1.807) is 26.2 Å². The van der Waals surface area contributed by atoms with E-state index < -0.39 is 12.1 Å². The lowest BCUT2D eigenvalue weighted by Crippen LogP contribution is -2.60. The first-order valence-electron chi connectivity index (χ1n) is 16.8. The van der Waals surface area contributed by atoms with E-state index >= 15 is 0 Å². The fourth-order valence-corrected chi connectivity index (χ4v) is 8.11. The minimum atomic E-state index is -0.658. The Kier molecular flexibility index (Phi) is 9.53. The summed E-state index contributed by atoms with van der Waals surface area (Å²) in [6, 6.07) is 8.91. The van der Waals surface area contributed by atoms with Crippen molar-refractivity contribution in [3.05, 3.63) is 47.8 Å². The van der Waals surface area contributed by atoms with Gasteiger partial charge in [0.1, 0.15) is 17.8 Å². The maximum atomic E-state index is 13.8. The first-order chi connectivity index (χ1) is 21.8. The Labute approximate surface area is 265 Å². The van der Waals surface area contributed by atoms with Crippen molar-refractivity contribution in [3.8, 4) is 0 Å². The van der Waals surface area contributed by atoms with Crippen LogP contribution in [0.4, 0.5) is 5.69 Å². The van der Waals surface area contributed by atoms with Crippen LogP contribution >= 0.6 is 0 Å². The highest BCUT2D eigenvalue weighted by molar-refractivity contribution is 6.00. The van der Waals surface area contributed by atoms with Gasteiger partial charge in [0.05, 0.1) is 0 Å². The minimum Gasteiger partial charge on any atom is -0.344 e. The summed E-state index contributed by atoms with van der Waals surface area (Å²) in [7, 11) is 1.71. The maximum absolute atomic E-state index is 13.8. The highest BCUT2D eigenvalue weighted by Gasteiger charge is 2.48. The van der Waals surface area contributed by atoms with Crippen LogP contribution in [0, 0.1) is 11.8 Å². The Morgan fingerprint density at radius 3 is 2.44 bits per heavy atom. The van der Waals surface area contributed by atoms with Gasteiger partial charge in [0, 0.05) is 63.5 Å². The monoisotopic (exact) mass is 617 g/mol. The van der Waals surface area contributed by atoms with Crippen LogP contribution in [0.25, 0.3) is 0 Å². The van der Waals surface area contributed by atoms with Gasteiger partial charge in [-0.3, -0.25) is 28.8 Å². The molecule has 5 atom stereocenters. The van der Waals surface area contributed by atoms with Gasteiger partial charge in [-0.15, -0.1) is 0 Å². The molecule has 2 bridgehead atoms. The third-order valence-electron chi connectivity index (χ3n) is 10.6. The molecule has 0 unspecified atom stereocenters. The average molecular weight is 618 g/mol. The van der Waals surface area contributed by atoms with Crippen LogP contribution in [0.5, 0.6) is 0 Å². The van der Waals surface area contributed by atoms with Gasteiger partial charge in [0.25, 0.3) is 5.91 Å². The molecule has 2 aliphatic carbocycles. The van der Waals surface area contributed by atoms with Crippen LogP contribution in [-0.2, 0) is 27.9 Å². The number of rotatable bonds is 10. The first kappa shape index (κ1) is 31.3. The summed E-state index contributed by atoms with van der Waals surface area (Å²) in [6.45, 7) is 4.14. The third-order valence-corrected chi connectivity index (χ3v) is 10.6. The number of amides is 4. The molecule has 4 aliphatic rings. The minimum absolute atomic E-state index is 0.0175. The highest BCUT2D eigenvalue weighted by atomic mass is 16.2. The van der Waals surface area contributed by atoms with Crippen molar-refractivity contribution in [1.29, 1.82) is 0 Å².